The first kappa shape index (κ1) is 12.6. The van der Waals surface area contributed by atoms with Crippen LogP contribution in [0.3, 0.4) is 0 Å². The Kier molecular flexibility index (Phi) is 6.13. The van der Waals surface area contributed by atoms with Crippen molar-refractivity contribution < 1.29 is 14.6 Å². The maximum Gasteiger partial charge on any atom is 0.252 e. The van der Waals surface area contributed by atoms with Gasteiger partial charge >= 0.3 is 0 Å². The van der Waals surface area contributed by atoms with E-state index in [2.05, 4.69) is 10.3 Å². The number of carbonyl (C=O) groups excluding carboxylic acids is 1. The van der Waals surface area contributed by atoms with Crippen LogP contribution < -0.4 is 5.32 Å². The molecule has 0 saturated carbocycles. The highest BCUT2D eigenvalue weighted by atomic mass is 16.5. The summed E-state index contributed by atoms with van der Waals surface area (Å²) >= 11 is 0. The van der Waals surface area contributed by atoms with E-state index in [0.717, 1.165) is 0 Å². The number of amides is 1. The molecule has 0 atom stereocenters. The smallest absolute Gasteiger partial charge is 0.252 e. The summed E-state index contributed by atoms with van der Waals surface area (Å²) in [5.41, 5.74) is 0.540. The molecule has 0 aliphatic carbocycles. The number of nitrogens with one attached hydrogen (secondary N) is 1. The Hall–Kier alpha value is -1.46. The maximum atomic E-state index is 11.5. The molecule has 2 N–H and O–H groups in total. The topological polar surface area (TPSA) is 71.5 Å². The Morgan fingerprint density at radius 2 is 2.38 bits per heavy atom. The summed E-state index contributed by atoms with van der Waals surface area (Å²) in [6, 6.07) is 3.42. The van der Waals surface area contributed by atoms with E-state index in [-0.39, 0.29) is 12.5 Å². The number of aliphatic hydroxyl groups excluding tert-OH is 1. The summed E-state index contributed by atoms with van der Waals surface area (Å²) in [6.45, 7) is 1.55. The molecule has 0 spiro atoms. The number of hydrogen-bond donors (Lipinski definition) is 2. The van der Waals surface area contributed by atoms with Crippen molar-refractivity contribution in [2.75, 3.05) is 26.4 Å². The molecule has 1 aromatic heterocycles. The molecule has 0 radical (unpaired) electrons. The summed E-state index contributed by atoms with van der Waals surface area (Å²) in [7, 11) is 0. The average molecular weight is 224 g/mol. The minimum absolute atomic E-state index is 0.127. The molecule has 0 fully saturated rings. The molecule has 16 heavy (non-hydrogen) atoms. The highest BCUT2D eigenvalue weighted by Crippen LogP contribution is 1.94. The number of hydrogen-bond acceptors (Lipinski definition) is 4. The average Bonchev–Trinajstić information content (AvgIpc) is 2.34. The van der Waals surface area contributed by atoms with E-state index in [1.165, 1.54) is 6.20 Å². The molecule has 1 rings (SSSR count). The van der Waals surface area contributed by atoms with Crippen LogP contribution in [0, 0.1) is 0 Å². The molecule has 1 heterocycles. The van der Waals surface area contributed by atoms with Crippen molar-refractivity contribution in [1.82, 2.24) is 10.3 Å². The predicted octanol–water partition coefficient (Wildman–Crippen LogP) is 0.210. The highest BCUT2D eigenvalue weighted by molar-refractivity contribution is 5.93. The monoisotopic (exact) mass is 224 g/mol. The lowest BCUT2D eigenvalue weighted by Gasteiger charge is -2.05. The molecule has 0 saturated heterocycles. The number of nitrogens with zero attached hydrogens (tertiary/aromatic N) is 1. The zero-order valence-electron chi connectivity index (χ0n) is 9.06. The largest absolute Gasteiger partial charge is 0.396 e. The molecule has 0 aliphatic rings. The number of aromatic nitrogens is 1. The fraction of sp³-hybridized carbons (Fsp3) is 0.455. The second-order valence-corrected chi connectivity index (χ2v) is 3.19. The lowest BCUT2D eigenvalue weighted by molar-refractivity contribution is 0.0898. The van der Waals surface area contributed by atoms with Gasteiger partial charge in [-0.3, -0.25) is 9.78 Å². The van der Waals surface area contributed by atoms with Crippen molar-refractivity contribution in [3.8, 4) is 0 Å². The van der Waals surface area contributed by atoms with Gasteiger partial charge in [-0.05, 0) is 18.6 Å². The Balaban J connectivity index is 2.12. The van der Waals surface area contributed by atoms with E-state index >= 15 is 0 Å². The van der Waals surface area contributed by atoms with E-state index in [1.54, 1.807) is 18.3 Å². The first-order chi connectivity index (χ1) is 7.84. The zero-order valence-corrected chi connectivity index (χ0v) is 9.06. The quantitative estimate of drug-likeness (QED) is 0.649. The first-order valence-corrected chi connectivity index (χ1v) is 5.21. The second kappa shape index (κ2) is 7.78. The molecule has 5 nitrogen and oxygen atoms in total. The van der Waals surface area contributed by atoms with Crippen LogP contribution in [0.4, 0.5) is 0 Å². The number of rotatable bonds is 7. The van der Waals surface area contributed by atoms with Gasteiger partial charge in [0, 0.05) is 32.2 Å². The van der Waals surface area contributed by atoms with E-state index in [9.17, 15) is 4.79 Å². The molecule has 0 aromatic carbocycles. The molecule has 5 heteroatoms. The molecular formula is C11H16N2O3. The Bertz CT molecular complexity index is 303. The SMILES string of the molecule is O=C(NCCOCCCO)c1cccnc1. The molecule has 0 bridgehead atoms. The fourth-order valence-corrected chi connectivity index (χ4v) is 1.10. The van der Waals surface area contributed by atoms with Gasteiger partial charge in [-0.15, -0.1) is 0 Å². The van der Waals surface area contributed by atoms with Crippen LogP contribution in [0.2, 0.25) is 0 Å². The van der Waals surface area contributed by atoms with E-state index in [0.29, 0.717) is 31.7 Å². The standard InChI is InChI=1S/C11H16N2O3/c14-6-2-7-16-8-5-13-11(15)10-3-1-4-12-9-10/h1,3-4,9,14H,2,5-8H2,(H,13,15). The molecule has 88 valence electrons. The van der Waals surface area contributed by atoms with Crippen molar-refractivity contribution in [1.29, 1.82) is 0 Å². The van der Waals surface area contributed by atoms with Crippen molar-refractivity contribution in [3.05, 3.63) is 30.1 Å². The Morgan fingerprint density at radius 3 is 3.06 bits per heavy atom. The lowest BCUT2D eigenvalue weighted by Crippen LogP contribution is -2.27. The summed E-state index contributed by atoms with van der Waals surface area (Å²) in [4.78, 5) is 15.3. The number of pyridine rings is 1. The van der Waals surface area contributed by atoms with Crippen LogP contribution in [0.25, 0.3) is 0 Å². The van der Waals surface area contributed by atoms with Gasteiger partial charge < -0.3 is 15.2 Å². The predicted molar refractivity (Wildman–Crippen MR) is 59.1 cm³/mol. The van der Waals surface area contributed by atoms with Crippen LogP contribution in [0.1, 0.15) is 16.8 Å². The van der Waals surface area contributed by atoms with Crippen molar-refractivity contribution in [2.24, 2.45) is 0 Å². The van der Waals surface area contributed by atoms with Crippen molar-refractivity contribution in [3.63, 3.8) is 0 Å². The van der Waals surface area contributed by atoms with Crippen LogP contribution in [0.15, 0.2) is 24.5 Å². The third-order valence-electron chi connectivity index (χ3n) is 1.90. The minimum atomic E-state index is -0.154. The van der Waals surface area contributed by atoms with Gasteiger partial charge in [0.05, 0.1) is 12.2 Å². The Labute approximate surface area is 94.5 Å². The highest BCUT2D eigenvalue weighted by Gasteiger charge is 2.02. The van der Waals surface area contributed by atoms with Crippen molar-refractivity contribution in [2.45, 2.75) is 6.42 Å². The van der Waals surface area contributed by atoms with Crippen LogP contribution in [-0.2, 0) is 4.74 Å². The van der Waals surface area contributed by atoms with Gasteiger partial charge in [-0.1, -0.05) is 0 Å². The molecule has 0 aliphatic heterocycles. The molecule has 0 unspecified atom stereocenters. The normalized spacial score (nSPS) is 10.1. The summed E-state index contributed by atoms with van der Waals surface area (Å²) in [6.07, 6.45) is 3.76. The summed E-state index contributed by atoms with van der Waals surface area (Å²) in [5.74, 6) is -0.154. The fourth-order valence-electron chi connectivity index (χ4n) is 1.10. The molecule has 1 amide bonds. The van der Waals surface area contributed by atoms with Gasteiger partial charge in [-0.25, -0.2) is 0 Å². The van der Waals surface area contributed by atoms with Gasteiger partial charge in [0.25, 0.3) is 5.91 Å². The van der Waals surface area contributed by atoms with E-state index in [4.69, 9.17) is 9.84 Å². The van der Waals surface area contributed by atoms with Gasteiger partial charge in [-0.2, -0.15) is 0 Å². The third-order valence-corrected chi connectivity index (χ3v) is 1.90. The summed E-state index contributed by atoms with van der Waals surface area (Å²) < 4.78 is 5.17. The van der Waals surface area contributed by atoms with Gasteiger partial charge in [0.2, 0.25) is 0 Å². The number of carbonyl (C=O) groups is 1. The molecular weight excluding hydrogens is 208 g/mol. The molecule has 1 aromatic rings. The van der Waals surface area contributed by atoms with E-state index in [1.807, 2.05) is 0 Å². The first-order valence-electron chi connectivity index (χ1n) is 5.21. The zero-order chi connectivity index (χ0) is 11.6. The van der Waals surface area contributed by atoms with Gasteiger partial charge in [0.1, 0.15) is 0 Å². The summed E-state index contributed by atoms with van der Waals surface area (Å²) in [5, 5.41) is 11.2. The number of ether oxygens (including phenoxy) is 1. The van der Waals surface area contributed by atoms with Crippen LogP contribution >= 0.6 is 0 Å². The van der Waals surface area contributed by atoms with Crippen LogP contribution in [0.5, 0.6) is 0 Å². The minimum Gasteiger partial charge on any atom is -0.396 e. The van der Waals surface area contributed by atoms with Gasteiger partial charge in [0.15, 0.2) is 0 Å². The Morgan fingerprint density at radius 1 is 1.50 bits per heavy atom. The van der Waals surface area contributed by atoms with Crippen LogP contribution in [-0.4, -0.2) is 42.4 Å². The lowest BCUT2D eigenvalue weighted by atomic mass is 10.3. The van der Waals surface area contributed by atoms with E-state index < -0.39 is 0 Å². The second-order valence-electron chi connectivity index (χ2n) is 3.19. The third kappa shape index (κ3) is 4.86. The maximum absolute atomic E-state index is 11.5. The van der Waals surface area contributed by atoms with Crippen molar-refractivity contribution >= 4 is 5.91 Å². The number of aliphatic hydroxyl groups is 1.